The van der Waals surface area contributed by atoms with Crippen molar-refractivity contribution in [3.05, 3.63) is 39.9 Å². The normalized spacial score (nSPS) is 12.2. The molecule has 1 rings (SSSR count). The van der Waals surface area contributed by atoms with Crippen LogP contribution in [0.15, 0.2) is 24.3 Å². The van der Waals surface area contributed by atoms with E-state index in [1.807, 2.05) is 0 Å². The molecule has 0 unspecified atom stereocenters. The number of ether oxygens (including phenoxy) is 1. The van der Waals surface area contributed by atoms with Crippen LogP contribution in [-0.4, -0.2) is 28.6 Å². The molecule has 23 heavy (non-hydrogen) atoms. The van der Waals surface area contributed by atoms with Crippen LogP contribution in [-0.2, 0) is 16.1 Å². The first-order valence-electron chi connectivity index (χ1n) is 7.09. The van der Waals surface area contributed by atoms with Crippen LogP contribution in [0.5, 0.6) is 0 Å². The lowest BCUT2D eigenvalue weighted by molar-refractivity contribution is -0.384. The van der Waals surface area contributed by atoms with Crippen molar-refractivity contribution in [3.8, 4) is 0 Å². The van der Waals surface area contributed by atoms with Gasteiger partial charge in [0.2, 0.25) is 5.91 Å². The van der Waals surface area contributed by atoms with Crippen molar-refractivity contribution in [1.82, 2.24) is 10.6 Å². The first kappa shape index (κ1) is 18.4. The molecule has 0 aromatic heterocycles. The Morgan fingerprint density at radius 2 is 1.83 bits per heavy atom. The summed E-state index contributed by atoms with van der Waals surface area (Å²) in [5.74, 6) is -0.380. The number of nitrogens with zero attached hydrogens (tertiary/aromatic N) is 1. The summed E-state index contributed by atoms with van der Waals surface area (Å²) in [6.45, 7) is 6.93. The molecule has 0 bridgehead atoms. The van der Waals surface area contributed by atoms with E-state index in [2.05, 4.69) is 10.6 Å². The number of non-ortho nitro benzene ring substituents is 1. The molecule has 0 radical (unpaired) electrons. The number of hydrogen-bond acceptors (Lipinski definition) is 5. The van der Waals surface area contributed by atoms with Crippen LogP contribution < -0.4 is 10.6 Å². The molecule has 1 aromatic carbocycles. The molecule has 8 nitrogen and oxygen atoms in total. The van der Waals surface area contributed by atoms with Crippen molar-refractivity contribution in [2.75, 3.05) is 0 Å². The van der Waals surface area contributed by atoms with Gasteiger partial charge in [-0.15, -0.1) is 0 Å². The lowest BCUT2D eigenvalue weighted by atomic mass is 10.2. The number of nitrogens with one attached hydrogen (secondary N) is 2. The third kappa shape index (κ3) is 6.77. The second kappa shape index (κ2) is 7.57. The van der Waals surface area contributed by atoms with E-state index in [4.69, 9.17) is 4.74 Å². The van der Waals surface area contributed by atoms with Crippen molar-refractivity contribution in [2.24, 2.45) is 0 Å². The van der Waals surface area contributed by atoms with E-state index >= 15 is 0 Å². The maximum absolute atomic E-state index is 11.9. The van der Waals surface area contributed by atoms with Gasteiger partial charge in [0.15, 0.2) is 0 Å². The van der Waals surface area contributed by atoms with Crippen LogP contribution in [0.25, 0.3) is 0 Å². The quantitative estimate of drug-likeness (QED) is 0.637. The van der Waals surface area contributed by atoms with Gasteiger partial charge in [-0.25, -0.2) is 4.79 Å². The zero-order valence-corrected chi connectivity index (χ0v) is 13.6. The highest BCUT2D eigenvalue weighted by atomic mass is 16.6. The summed E-state index contributed by atoms with van der Waals surface area (Å²) in [5, 5.41) is 15.6. The van der Waals surface area contributed by atoms with Gasteiger partial charge in [0.25, 0.3) is 5.69 Å². The van der Waals surface area contributed by atoms with Gasteiger partial charge < -0.3 is 15.4 Å². The van der Waals surface area contributed by atoms with E-state index < -0.39 is 22.7 Å². The lowest BCUT2D eigenvalue weighted by Gasteiger charge is -2.21. The molecule has 0 aliphatic heterocycles. The molecule has 2 N–H and O–H groups in total. The van der Waals surface area contributed by atoms with Gasteiger partial charge in [0.1, 0.15) is 11.6 Å². The third-order valence-electron chi connectivity index (χ3n) is 2.74. The molecule has 0 fully saturated rings. The fourth-order valence-electron chi connectivity index (χ4n) is 1.63. The fourth-order valence-corrected chi connectivity index (χ4v) is 1.63. The number of carbonyl (C=O) groups is 2. The van der Waals surface area contributed by atoms with E-state index in [0.29, 0.717) is 5.56 Å². The van der Waals surface area contributed by atoms with Crippen molar-refractivity contribution in [1.29, 1.82) is 0 Å². The van der Waals surface area contributed by atoms with Gasteiger partial charge in [0.05, 0.1) is 4.92 Å². The number of alkyl carbamates (subject to hydrolysis) is 1. The molecular weight excluding hydrogens is 302 g/mol. The number of amides is 2. The Hall–Kier alpha value is -2.64. The SMILES string of the molecule is C[C@H](NC(=O)OC(C)(C)C)C(=O)NCc1ccc([N+](=O)[O-])cc1. The maximum atomic E-state index is 11.9. The van der Waals surface area contributed by atoms with Gasteiger partial charge in [-0.05, 0) is 33.3 Å². The van der Waals surface area contributed by atoms with Crippen LogP contribution in [0, 0.1) is 10.1 Å². The average molecular weight is 323 g/mol. The molecule has 0 saturated carbocycles. The van der Waals surface area contributed by atoms with E-state index in [1.54, 1.807) is 32.9 Å². The van der Waals surface area contributed by atoms with Gasteiger partial charge >= 0.3 is 6.09 Å². The highest BCUT2D eigenvalue weighted by Crippen LogP contribution is 2.11. The molecule has 126 valence electrons. The summed E-state index contributed by atoms with van der Waals surface area (Å²) < 4.78 is 5.06. The number of rotatable bonds is 5. The van der Waals surface area contributed by atoms with Crippen LogP contribution in [0.3, 0.4) is 0 Å². The van der Waals surface area contributed by atoms with Crippen molar-refractivity contribution < 1.29 is 19.2 Å². The highest BCUT2D eigenvalue weighted by Gasteiger charge is 2.20. The Morgan fingerprint density at radius 3 is 2.30 bits per heavy atom. The fraction of sp³-hybridized carbons (Fsp3) is 0.467. The summed E-state index contributed by atoms with van der Waals surface area (Å²) in [5.41, 5.74) is 0.0624. The molecule has 8 heteroatoms. The van der Waals surface area contributed by atoms with Crippen molar-refractivity contribution >= 4 is 17.7 Å². The molecule has 0 heterocycles. The average Bonchev–Trinajstić information content (AvgIpc) is 2.42. The van der Waals surface area contributed by atoms with Gasteiger partial charge in [-0.2, -0.15) is 0 Å². The van der Waals surface area contributed by atoms with Crippen molar-refractivity contribution in [2.45, 2.75) is 45.9 Å². The number of nitro benzene ring substituents is 1. The number of nitro groups is 1. The summed E-state index contributed by atoms with van der Waals surface area (Å²) in [7, 11) is 0. The first-order valence-corrected chi connectivity index (χ1v) is 7.09. The molecular formula is C15H21N3O5. The molecule has 0 aliphatic carbocycles. The van der Waals surface area contributed by atoms with Crippen LogP contribution >= 0.6 is 0 Å². The lowest BCUT2D eigenvalue weighted by Crippen LogP contribution is -2.46. The topological polar surface area (TPSA) is 111 Å². The van der Waals surface area contributed by atoms with Crippen LogP contribution in [0.2, 0.25) is 0 Å². The second-order valence-electron chi connectivity index (χ2n) is 6.01. The van der Waals surface area contributed by atoms with Gasteiger partial charge in [-0.1, -0.05) is 12.1 Å². The summed E-state index contributed by atoms with van der Waals surface area (Å²) in [6, 6.07) is 5.09. The predicted octanol–water partition coefficient (Wildman–Crippen LogP) is 2.12. The minimum absolute atomic E-state index is 0.0139. The van der Waals surface area contributed by atoms with E-state index in [9.17, 15) is 19.7 Å². The van der Waals surface area contributed by atoms with E-state index in [-0.39, 0.29) is 18.1 Å². The van der Waals surface area contributed by atoms with E-state index in [0.717, 1.165) is 0 Å². The minimum Gasteiger partial charge on any atom is -0.444 e. The molecule has 0 aliphatic rings. The van der Waals surface area contributed by atoms with Crippen molar-refractivity contribution in [3.63, 3.8) is 0 Å². The van der Waals surface area contributed by atoms with Gasteiger partial charge in [0, 0.05) is 18.7 Å². The van der Waals surface area contributed by atoms with E-state index in [1.165, 1.54) is 19.1 Å². The second-order valence-corrected chi connectivity index (χ2v) is 6.01. The molecule has 2 amide bonds. The molecule has 1 atom stereocenters. The largest absolute Gasteiger partial charge is 0.444 e. The summed E-state index contributed by atoms with van der Waals surface area (Å²) >= 11 is 0. The number of benzene rings is 1. The Kier molecular flexibility index (Phi) is 6.06. The molecule has 1 aromatic rings. The summed E-state index contributed by atoms with van der Waals surface area (Å²) in [6.07, 6.45) is -0.671. The standard InChI is InChI=1S/C15H21N3O5/c1-10(17-14(20)23-15(2,3)4)13(19)16-9-11-5-7-12(8-6-11)18(21)22/h5-8,10H,9H2,1-4H3,(H,16,19)(H,17,20)/t10-/m0/s1. The zero-order chi connectivity index (χ0) is 17.6. The number of carbonyl (C=O) groups excluding carboxylic acids is 2. The molecule has 0 saturated heterocycles. The zero-order valence-electron chi connectivity index (χ0n) is 13.6. The van der Waals surface area contributed by atoms with Crippen LogP contribution in [0.1, 0.15) is 33.3 Å². The monoisotopic (exact) mass is 323 g/mol. The first-order chi connectivity index (χ1) is 10.6. The van der Waals surface area contributed by atoms with Gasteiger partial charge in [-0.3, -0.25) is 14.9 Å². The smallest absolute Gasteiger partial charge is 0.408 e. The Balaban J connectivity index is 2.46. The van der Waals surface area contributed by atoms with Crippen LogP contribution in [0.4, 0.5) is 10.5 Å². The minimum atomic E-state index is -0.761. The Labute approximate surface area is 134 Å². The number of hydrogen-bond donors (Lipinski definition) is 2. The Bertz CT molecular complexity index is 578. The maximum Gasteiger partial charge on any atom is 0.408 e. The Morgan fingerprint density at radius 1 is 1.26 bits per heavy atom. The predicted molar refractivity (Wildman–Crippen MR) is 83.8 cm³/mol. The summed E-state index contributed by atoms with van der Waals surface area (Å²) in [4.78, 5) is 33.5. The highest BCUT2D eigenvalue weighted by molar-refractivity contribution is 5.85. The third-order valence-corrected chi connectivity index (χ3v) is 2.74. The molecule has 0 spiro atoms.